The van der Waals surface area contributed by atoms with E-state index in [4.69, 9.17) is 11.6 Å². The molecule has 1 heterocycles. The summed E-state index contributed by atoms with van der Waals surface area (Å²) in [6.07, 6.45) is 3.67. The highest BCUT2D eigenvalue weighted by Gasteiger charge is 2.11. The van der Waals surface area contributed by atoms with Crippen LogP contribution in [0, 0.1) is 0 Å². The molecule has 0 saturated heterocycles. The lowest BCUT2D eigenvalue weighted by molar-refractivity contribution is -0.130. The van der Waals surface area contributed by atoms with Crippen molar-refractivity contribution in [1.29, 1.82) is 0 Å². The predicted molar refractivity (Wildman–Crippen MR) is 117 cm³/mol. The minimum Gasteiger partial charge on any atom is -0.346 e. The molecule has 0 saturated carbocycles. The van der Waals surface area contributed by atoms with Gasteiger partial charge in [-0.1, -0.05) is 54.1 Å². The Morgan fingerprint density at radius 3 is 2.55 bits per heavy atom. The molecule has 1 N–H and O–H groups in total. The normalized spacial score (nSPS) is 10.7. The van der Waals surface area contributed by atoms with Crippen molar-refractivity contribution in [3.63, 3.8) is 0 Å². The third kappa shape index (κ3) is 6.03. The number of carbonyl (C=O) groups is 2. The Balaban J connectivity index is 1.40. The first-order chi connectivity index (χ1) is 14.0. The molecule has 29 heavy (non-hydrogen) atoms. The zero-order valence-electron chi connectivity index (χ0n) is 16.4. The molecule has 3 aromatic rings. The summed E-state index contributed by atoms with van der Waals surface area (Å²) >= 11 is 6.13. The van der Waals surface area contributed by atoms with Gasteiger partial charge in [0.15, 0.2) is 0 Å². The SMILES string of the molecule is CN(CCCC(=O)Nc1cc2ccccc2cn1)C(=O)CCc1ccccc1Cl. The summed E-state index contributed by atoms with van der Waals surface area (Å²) in [6, 6.07) is 17.3. The van der Waals surface area contributed by atoms with Gasteiger partial charge in [-0.25, -0.2) is 4.98 Å². The number of pyridine rings is 1. The molecular weight excluding hydrogens is 386 g/mol. The van der Waals surface area contributed by atoms with Crippen LogP contribution in [-0.2, 0) is 16.0 Å². The number of rotatable bonds is 8. The van der Waals surface area contributed by atoms with Crippen LogP contribution in [0.3, 0.4) is 0 Å². The number of nitrogens with zero attached hydrogens (tertiary/aromatic N) is 2. The fourth-order valence-corrected chi connectivity index (χ4v) is 3.32. The first-order valence-corrected chi connectivity index (χ1v) is 10.0. The second-order valence-corrected chi connectivity index (χ2v) is 7.38. The Bertz CT molecular complexity index is 1010. The van der Waals surface area contributed by atoms with Gasteiger partial charge >= 0.3 is 0 Å². The lowest BCUT2D eigenvalue weighted by atomic mass is 10.1. The topological polar surface area (TPSA) is 62.3 Å². The predicted octanol–water partition coefficient (Wildman–Crippen LogP) is 4.70. The molecule has 0 unspecified atom stereocenters. The highest BCUT2D eigenvalue weighted by atomic mass is 35.5. The van der Waals surface area contributed by atoms with E-state index in [0.717, 1.165) is 16.3 Å². The highest BCUT2D eigenvalue weighted by molar-refractivity contribution is 6.31. The van der Waals surface area contributed by atoms with E-state index < -0.39 is 0 Å². The number of carbonyl (C=O) groups excluding carboxylic acids is 2. The summed E-state index contributed by atoms with van der Waals surface area (Å²) in [4.78, 5) is 30.4. The van der Waals surface area contributed by atoms with Gasteiger partial charge in [0.25, 0.3) is 0 Å². The van der Waals surface area contributed by atoms with Gasteiger partial charge in [-0.3, -0.25) is 9.59 Å². The lowest BCUT2D eigenvalue weighted by Gasteiger charge is -2.17. The molecule has 0 aliphatic carbocycles. The van der Waals surface area contributed by atoms with Crippen LogP contribution < -0.4 is 5.32 Å². The van der Waals surface area contributed by atoms with E-state index in [9.17, 15) is 9.59 Å². The van der Waals surface area contributed by atoms with Crippen LogP contribution in [0.15, 0.2) is 60.8 Å². The number of amides is 2. The monoisotopic (exact) mass is 409 g/mol. The summed E-state index contributed by atoms with van der Waals surface area (Å²) in [5, 5.41) is 5.56. The molecule has 0 aliphatic heterocycles. The van der Waals surface area contributed by atoms with Crippen LogP contribution in [-0.4, -0.2) is 35.3 Å². The van der Waals surface area contributed by atoms with E-state index in [1.807, 2.05) is 54.6 Å². The van der Waals surface area contributed by atoms with Crippen LogP contribution in [0.5, 0.6) is 0 Å². The zero-order valence-corrected chi connectivity index (χ0v) is 17.2. The van der Waals surface area contributed by atoms with E-state index in [1.165, 1.54) is 0 Å². The van der Waals surface area contributed by atoms with E-state index >= 15 is 0 Å². The molecular formula is C23H24ClN3O2. The van der Waals surface area contributed by atoms with Gasteiger partial charge in [0, 0.05) is 43.0 Å². The van der Waals surface area contributed by atoms with Crippen molar-refractivity contribution in [1.82, 2.24) is 9.88 Å². The van der Waals surface area contributed by atoms with E-state index in [2.05, 4.69) is 10.3 Å². The molecule has 5 nitrogen and oxygen atoms in total. The van der Waals surface area contributed by atoms with Gasteiger partial charge in [0.1, 0.15) is 5.82 Å². The summed E-state index contributed by atoms with van der Waals surface area (Å²) in [5.41, 5.74) is 0.971. The zero-order chi connectivity index (χ0) is 20.6. The van der Waals surface area contributed by atoms with Crippen LogP contribution in [0.25, 0.3) is 10.8 Å². The lowest BCUT2D eigenvalue weighted by Crippen LogP contribution is -2.28. The highest BCUT2D eigenvalue weighted by Crippen LogP contribution is 2.17. The van der Waals surface area contributed by atoms with Crippen LogP contribution >= 0.6 is 11.6 Å². The molecule has 0 aliphatic rings. The molecule has 1 aromatic heterocycles. The number of benzene rings is 2. The molecule has 6 heteroatoms. The minimum absolute atomic E-state index is 0.0431. The van der Waals surface area contributed by atoms with Gasteiger partial charge in [0.05, 0.1) is 0 Å². The third-order valence-corrected chi connectivity index (χ3v) is 5.16. The second kappa shape index (κ2) is 10.0. The van der Waals surface area contributed by atoms with Crippen molar-refractivity contribution in [2.24, 2.45) is 0 Å². The standard InChI is InChI=1S/C23H24ClN3O2/c1-27(23(29)13-12-17-7-4-5-10-20(17)24)14-6-11-22(28)26-21-15-18-8-2-3-9-19(18)16-25-21/h2-5,7-10,15-16H,6,11-14H2,1H3,(H,25,26,28). The molecule has 0 atom stereocenters. The van der Waals surface area contributed by atoms with E-state index in [-0.39, 0.29) is 11.8 Å². The molecule has 3 rings (SSSR count). The second-order valence-electron chi connectivity index (χ2n) is 6.98. The van der Waals surface area contributed by atoms with E-state index in [0.29, 0.717) is 43.1 Å². The number of aromatic nitrogens is 1. The van der Waals surface area contributed by atoms with E-state index in [1.54, 1.807) is 18.1 Å². The Morgan fingerprint density at radius 1 is 1.03 bits per heavy atom. The molecule has 2 aromatic carbocycles. The van der Waals surface area contributed by atoms with Crippen LogP contribution in [0.4, 0.5) is 5.82 Å². The largest absolute Gasteiger partial charge is 0.346 e. The Labute approximate surface area is 175 Å². The van der Waals surface area contributed by atoms with Crippen molar-refractivity contribution >= 4 is 40.0 Å². The van der Waals surface area contributed by atoms with Crippen molar-refractivity contribution < 1.29 is 9.59 Å². The summed E-state index contributed by atoms with van der Waals surface area (Å²) < 4.78 is 0. The number of hydrogen-bond donors (Lipinski definition) is 1. The molecule has 0 bridgehead atoms. The van der Waals surface area contributed by atoms with Gasteiger partial charge in [-0.2, -0.15) is 0 Å². The summed E-state index contributed by atoms with van der Waals surface area (Å²) in [6.45, 7) is 0.528. The average Bonchev–Trinajstić information content (AvgIpc) is 2.72. The quantitative estimate of drug-likeness (QED) is 0.586. The number of hydrogen-bond acceptors (Lipinski definition) is 3. The Kier molecular flexibility index (Phi) is 7.19. The van der Waals surface area contributed by atoms with Gasteiger partial charge in [-0.15, -0.1) is 0 Å². The van der Waals surface area contributed by atoms with Crippen molar-refractivity contribution in [2.75, 3.05) is 18.9 Å². The average molecular weight is 410 g/mol. The maximum Gasteiger partial charge on any atom is 0.225 e. The first kappa shape index (κ1) is 20.8. The van der Waals surface area contributed by atoms with Crippen LogP contribution in [0.1, 0.15) is 24.8 Å². The summed E-state index contributed by atoms with van der Waals surface area (Å²) in [7, 11) is 1.76. The molecule has 2 amide bonds. The smallest absolute Gasteiger partial charge is 0.225 e. The Morgan fingerprint density at radius 2 is 1.76 bits per heavy atom. The summed E-state index contributed by atoms with van der Waals surface area (Å²) in [5.74, 6) is 0.476. The molecule has 0 fully saturated rings. The number of aryl methyl sites for hydroxylation is 1. The van der Waals surface area contributed by atoms with Gasteiger partial charge in [0.2, 0.25) is 11.8 Å². The number of fused-ring (bicyclic) bond motifs is 1. The molecule has 150 valence electrons. The third-order valence-electron chi connectivity index (χ3n) is 4.79. The molecule has 0 spiro atoms. The maximum atomic E-state index is 12.3. The van der Waals surface area contributed by atoms with Gasteiger partial charge < -0.3 is 10.2 Å². The number of anilines is 1. The molecule has 0 radical (unpaired) electrons. The first-order valence-electron chi connectivity index (χ1n) is 9.65. The van der Waals surface area contributed by atoms with Crippen molar-refractivity contribution in [3.8, 4) is 0 Å². The fraction of sp³-hybridized carbons (Fsp3) is 0.261. The van der Waals surface area contributed by atoms with Gasteiger partial charge in [-0.05, 0) is 35.9 Å². The maximum absolute atomic E-state index is 12.3. The van der Waals surface area contributed by atoms with Crippen LogP contribution in [0.2, 0.25) is 5.02 Å². The fourth-order valence-electron chi connectivity index (χ4n) is 3.09. The number of halogens is 1. The number of nitrogens with one attached hydrogen (secondary N) is 1. The minimum atomic E-state index is -0.107. The van der Waals surface area contributed by atoms with Crippen molar-refractivity contribution in [2.45, 2.75) is 25.7 Å². The van der Waals surface area contributed by atoms with Crippen molar-refractivity contribution in [3.05, 3.63) is 71.4 Å². The Hall–Kier alpha value is -2.92.